The van der Waals surface area contributed by atoms with Crippen LogP contribution in [0.3, 0.4) is 0 Å². The van der Waals surface area contributed by atoms with Crippen molar-refractivity contribution < 1.29 is 0 Å². The van der Waals surface area contributed by atoms with E-state index in [1.165, 1.54) is 37.3 Å². The van der Waals surface area contributed by atoms with E-state index in [1.807, 2.05) is 12.3 Å². The highest BCUT2D eigenvalue weighted by Crippen LogP contribution is 2.29. The van der Waals surface area contributed by atoms with E-state index in [9.17, 15) is 0 Å². The van der Waals surface area contributed by atoms with Crippen LogP contribution in [0.15, 0.2) is 18.3 Å². The number of thioether (sulfide) groups is 1. The van der Waals surface area contributed by atoms with Crippen LogP contribution in [0.4, 0.5) is 0 Å². The molecule has 112 valence electrons. The fourth-order valence-corrected chi connectivity index (χ4v) is 4.76. The highest BCUT2D eigenvalue weighted by Gasteiger charge is 2.23. The van der Waals surface area contributed by atoms with E-state index >= 15 is 0 Å². The van der Waals surface area contributed by atoms with Gasteiger partial charge >= 0.3 is 0 Å². The average molecular weight is 302 g/mol. The van der Waals surface area contributed by atoms with E-state index in [-0.39, 0.29) is 0 Å². The summed E-state index contributed by atoms with van der Waals surface area (Å²) < 4.78 is 2.37. The molecule has 0 spiro atoms. The number of nitrogens with zero attached hydrogens (tertiary/aromatic N) is 3. The molecule has 2 atom stereocenters. The highest BCUT2D eigenvalue weighted by atomic mass is 32.2. The summed E-state index contributed by atoms with van der Waals surface area (Å²) in [6, 6.07) is 4.66. The van der Waals surface area contributed by atoms with E-state index in [0.29, 0.717) is 6.04 Å². The van der Waals surface area contributed by atoms with Crippen molar-refractivity contribution in [2.45, 2.75) is 49.9 Å². The molecule has 0 aromatic carbocycles. The standard InChI is InChI=1S/C16H22N4S/c1-4-12(17-7-1)11-20-15(10-13-5-3-9-21-13)19-14-6-2-8-18-16(14)20/h2,6,8,12-13,17H,1,3-5,7,9-11H2. The molecular weight excluding hydrogens is 280 g/mol. The van der Waals surface area contributed by atoms with Crippen molar-refractivity contribution in [3.8, 4) is 0 Å². The Hall–Kier alpha value is -1.07. The molecule has 0 amide bonds. The first-order valence-corrected chi connectivity index (χ1v) is 9.10. The van der Waals surface area contributed by atoms with E-state index in [2.05, 4.69) is 32.7 Å². The molecule has 5 heteroatoms. The number of hydrogen-bond acceptors (Lipinski definition) is 4. The summed E-state index contributed by atoms with van der Waals surface area (Å²) in [5.74, 6) is 2.55. The molecule has 2 aromatic heterocycles. The van der Waals surface area contributed by atoms with Gasteiger partial charge in [-0.1, -0.05) is 0 Å². The van der Waals surface area contributed by atoms with Crippen molar-refractivity contribution in [1.82, 2.24) is 19.9 Å². The number of aromatic nitrogens is 3. The molecule has 4 heterocycles. The molecule has 4 nitrogen and oxygen atoms in total. The summed E-state index contributed by atoms with van der Waals surface area (Å²) in [5.41, 5.74) is 2.11. The van der Waals surface area contributed by atoms with Crippen LogP contribution in [-0.2, 0) is 13.0 Å². The largest absolute Gasteiger partial charge is 0.312 e. The number of fused-ring (bicyclic) bond motifs is 1. The summed E-state index contributed by atoms with van der Waals surface area (Å²) in [5, 5.41) is 4.35. The minimum atomic E-state index is 0.583. The first-order valence-electron chi connectivity index (χ1n) is 8.05. The molecular formula is C16H22N4S. The summed E-state index contributed by atoms with van der Waals surface area (Å²) >= 11 is 2.11. The molecule has 0 aliphatic carbocycles. The minimum Gasteiger partial charge on any atom is -0.312 e. The number of imidazole rings is 1. The third kappa shape index (κ3) is 2.81. The molecule has 0 radical (unpaired) electrons. The molecule has 0 bridgehead atoms. The lowest BCUT2D eigenvalue weighted by atomic mass is 10.2. The first-order chi connectivity index (χ1) is 10.4. The van der Waals surface area contributed by atoms with Crippen molar-refractivity contribution in [2.75, 3.05) is 12.3 Å². The van der Waals surface area contributed by atoms with Gasteiger partial charge in [-0.3, -0.25) is 0 Å². The van der Waals surface area contributed by atoms with Crippen molar-refractivity contribution in [2.24, 2.45) is 0 Å². The Morgan fingerprint density at radius 3 is 3.14 bits per heavy atom. The Bertz CT molecular complexity index is 612. The predicted octanol–water partition coefficient (Wildman–Crippen LogP) is 2.62. The van der Waals surface area contributed by atoms with Crippen LogP contribution < -0.4 is 5.32 Å². The number of pyridine rings is 1. The fraction of sp³-hybridized carbons (Fsp3) is 0.625. The zero-order valence-corrected chi connectivity index (χ0v) is 13.1. The van der Waals surface area contributed by atoms with Gasteiger partial charge in [0.25, 0.3) is 0 Å². The molecule has 4 rings (SSSR count). The van der Waals surface area contributed by atoms with Gasteiger partial charge in [0.15, 0.2) is 5.65 Å². The maximum atomic E-state index is 4.88. The van der Waals surface area contributed by atoms with Crippen LogP contribution in [-0.4, -0.2) is 38.1 Å². The second-order valence-corrected chi connectivity index (χ2v) is 7.53. The van der Waals surface area contributed by atoms with Crippen LogP contribution in [0.5, 0.6) is 0 Å². The molecule has 1 N–H and O–H groups in total. The van der Waals surface area contributed by atoms with Gasteiger partial charge in [0.1, 0.15) is 11.3 Å². The van der Waals surface area contributed by atoms with Crippen LogP contribution >= 0.6 is 11.8 Å². The topological polar surface area (TPSA) is 42.7 Å². The normalized spacial score (nSPS) is 25.9. The van der Waals surface area contributed by atoms with Crippen molar-refractivity contribution in [1.29, 1.82) is 0 Å². The SMILES string of the molecule is c1cnc2c(c1)nc(CC1CCCS1)n2CC1CCCN1. The maximum Gasteiger partial charge on any atom is 0.160 e. The molecule has 0 saturated carbocycles. The van der Waals surface area contributed by atoms with Gasteiger partial charge in [-0.05, 0) is 50.1 Å². The molecule has 2 aromatic rings. The number of hydrogen-bond donors (Lipinski definition) is 1. The van der Waals surface area contributed by atoms with Gasteiger partial charge in [-0.2, -0.15) is 11.8 Å². The third-order valence-corrected chi connectivity index (χ3v) is 5.98. The minimum absolute atomic E-state index is 0.583. The lowest BCUT2D eigenvalue weighted by Gasteiger charge is -2.15. The van der Waals surface area contributed by atoms with Crippen LogP contribution in [0, 0.1) is 0 Å². The number of rotatable bonds is 4. The van der Waals surface area contributed by atoms with Gasteiger partial charge in [0, 0.05) is 30.5 Å². The molecule has 2 saturated heterocycles. The third-order valence-electron chi connectivity index (χ3n) is 4.58. The van der Waals surface area contributed by atoms with Gasteiger partial charge in [0.05, 0.1) is 0 Å². The highest BCUT2D eigenvalue weighted by molar-refractivity contribution is 8.00. The van der Waals surface area contributed by atoms with Gasteiger partial charge in [-0.25, -0.2) is 9.97 Å². The van der Waals surface area contributed by atoms with Crippen molar-refractivity contribution in [3.63, 3.8) is 0 Å². The summed E-state index contributed by atoms with van der Waals surface area (Å²) in [7, 11) is 0. The Morgan fingerprint density at radius 1 is 1.33 bits per heavy atom. The lowest BCUT2D eigenvalue weighted by molar-refractivity contribution is 0.500. The molecule has 2 aliphatic rings. The Morgan fingerprint density at radius 2 is 2.33 bits per heavy atom. The quantitative estimate of drug-likeness (QED) is 0.943. The summed E-state index contributed by atoms with van der Waals surface area (Å²) in [6.07, 6.45) is 8.23. The van der Waals surface area contributed by atoms with Gasteiger partial charge < -0.3 is 9.88 Å². The Labute approximate surface area is 129 Å². The smallest absolute Gasteiger partial charge is 0.160 e. The average Bonchev–Trinajstić information content (AvgIpc) is 3.23. The maximum absolute atomic E-state index is 4.88. The van der Waals surface area contributed by atoms with E-state index in [1.54, 1.807) is 0 Å². The molecule has 2 aliphatic heterocycles. The Balaban J connectivity index is 1.65. The van der Waals surface area contributed by atoms with Gasteiger partial charge in [-0.15, -0.1) is 0 Å². The predicted molar refractivity (Wildman–Crippen MR) is 87.7 cm³/mol. The monoisotopic (exact) mass is 302 g/mol. The lowest BCUT2D eigenvalue weighted by Crippen LogP contribution is -2.28. The van der Waals surface area contributed by atoms with E-state index in [4.69, 9.17) is 4.98 Å². The van der Waals surface area contributed by atoms with E-state index < -0.39 is 0 Å². The fourth-order valence-electron chi connectivity index (χ4n) is 3.49. The zero-order valence-electron chi connectivity index (χ0n) is 12.3. The zero-order chi connectivity index (χ0) is 14.1. The van der Waals surface area contributed by atoms with E-state index in [0.717, 1.165) is 35.9 Å². The molecule has 21 heavy (non-hydrogen) atoms. The van der Waals surface area contributed by atoms with Crippen LogP contribution in [0.2, 0.25) is 0 Å². The van der Waals surface area contributed by atoms with Gasteiger partial charge in [0.2, 0.25) is 0 Å². The van der Waals surface area contributed by atoms with Crippen molar-refractivity contribution in [3.05, 3.63) is 24.2 Å². The first kappa shape index (κ1) is 13.6. The van der Waals surface area contributed by atoms with Crippen LogP contribution in [0.1, 0.15) is 31.5 Å². The second-order valence-electron chi connectivity index (χ2n) is 6.12. The summed E-state index contributed by atoms with van der Waals surface area (Å²) in [6.45, 7) is 2.17. The summed E-state index contributed by atoms with van der Waals surface area (Å²) in [4.78, 5) is 9.46. The number of nitrogens with one attached hydrogen (secondary N) is 1. The van der Waals surface area contributed by atoms with Crippen LogP contribution in [0.25, 0.3) is 11.2 Å². The molecule has 2 fully saturated rings. The Kier molecular flexibility index (Phi) is 3.86. The second kappa shape index (κ2) is 5.97. The molecule has 2 unspecified atom stereocenters. The van der Waals surface area contributed by atoms with Crippen molar-refractivity contribution >= 4 is 22.9 Å².